The van der Waals surface area contributed by atoms with Gasteiger partial charge < -0.3 is 14.8 Å². The van der Waals surface area contributed by atoms with Crippen LogP contribution in [0.1, 0.15) is 76.6 Å². The Kier molecular flexibility index (Phi) is 6.30. The maximum atomic E-state index is 14.1. The highest BCUT2D eigenvalue weighted by atomic mass is 19.1. The first-order valence-electron chi connectivity index (χ1n) is 11.7. The molecular formula is C27H35FN2O2. The molecule has 1 aromatic heterocycles. The molecule has 0 saturated heterocycles. The first-order valence-corrected chi connectivity index (χ1v) is 11.7. The molecule has 0 aliphatic heterocycles. The largest absolute Gasteiger partial charge is 0.496 e. The number of H-pyrrole nitrogens is 1. The Labute approximate surface area is 190 Å². The van der Waals surface area contributed by atoms with Gasteiger partial charge in [0.1, 0.15) is 17.4 Å². The van der Waals surface area contributed by atoms with Crippen molar-refractivity contribution < 1.29 is 14.2 Å². The van der Waals surface area contributed by atoms with E-state index >= 15 is 0 Å². The minimum Gasteiger partial charge on any atom is -0.496 e. The summed E-state index contributed by atoms with van der Waals surface area (Å²) in [6.45, 7) is 6.03. The molecule has 4 nitrogen and oxygen atoms in total. The average molecular weight is 439 g/mol. The zero-order valence-electron chi connectivity index (χ0n) is 19.6. The van der Waals surface area contributed by atoms with E-state index in [9.17, 15) is 9.50 Å². The first kappa shape index (κ1) is 22.8. The molecule has 0 amide bonds. The van der Waals surface area contributed by atoms with Crippen LogP contribution in [0.25, 0.3) is 11.0 Å². The van der Waals surface area contributed by atoms with Gasteiger partial charge in [-0.2, -0.15) is 0 Å². The lowest BCUT2D eigenvalue weighted by Gasteiger charge is -2.43. The van der Waals surface area contributed by atoms with Gasteiger partial charge in [0, 0.05) is 11.5 Å². The van der Waals surface area contributed by atoms with Gasteiger partial charge in [-0.1, -0.05) is 45.2 Å². The van der Waals surface area contributed by atoms with Crippen LogP contribution in [0.4, 0.5) is 4.39 Å². The number of imidazole rings is 1. The number of nitrogens with one attached hydrogen (secondary N) is 1. The summed E-state index contributed by atoms with van der Waals surface area (Å²) in [6, 6.07) is 12.6. The lowest BCUT2D eigenvalue weighted by atomic mass is 9.65. The van der Waals surface area contributed by atoms with Gasteiger partial charge in [0.2, 0.25) is 0 Å². The molecule has 5 heteroatoms. The van der Waals surface area contributed by atoms with Gasteiger partial charge in [0.15, 0.2) is 0 Å². The van der Waals surface area contributed by atoms with Crippen LogP contribution in [0.3, 0.4) is 0 Å². The third kappa shape index (κ3) is 4.54. The van der Waals surface area contributed by atoms with Crippen molar-refractivity contribution in [3.8, 4) is 5.75 Å². The fraction of sp³-hybridized carbons (Fsp3) is 0.519. The Bertz CT molecular complexity index is 1030. The van der Waals surface area contributed by atoms with Crippen molar-refractivity contribution in [2.45, 2.75) is 76.2 Å². The Balaban J connectivity index is 1.73. The predicted molar refractivity (Wildman–Crippen MR) is 127 cm³/mol. The first-order chi connectivity index (χ1) is 15.2. The number of halogens is 1. The summed E-state index contributed by atoms with van der Waals surface area (Å²) in [5.74, 6) is 1.42. The van der Waals surface area contributed by atoms with Gasteiger partial charge in [-0.15, -0.1) is 0 Å². The number of benzene rings is 2. The Hall–Kier alpha value is -2.40. The van der Waals surface area contributed by atoms with Crippen molar-refractivity contribution in [1.29, 1.82) is 0 Å². The van der Waals surface area contributed by atoms with Crippen LogP contribution in [0, 0.1) is 11.7 Å². The van der Waals surface area contributed by atoms with Gasteiger partial charge in [0.25, 0.3) is 0 Å². The maximum absolute atomic E-state index is 14.1. The highest BCUT2D eigenvalue weighted by Gasteiger charge is 2.45. The number of nitrogens with zero attached hydrogens (tertiary/aromatic N) is 1. The Morgan fingerprint density at radius 2 is 1.84 bits per heavy atom. The summed E-state index contributed by atoms with van der Waals surface area (Å²) < 4.78 is 19.7. The number of methoxy groups -OCH3 is 1. The molecule has 2 aromatic carbocycles. The number of aliphatic hydroxyl groups is 1. The smallest absolute Gasteiger partial charge is 0.123 e. The van der Waals surface area contributed by atoms with Crippen molar-refractivity contribution >= 4 is 11.0 Å². The summed E-state index contributed by atoms with van der Waals surface area (Å²) in [6.07, 6.45) is 6.23. The van der Waals surface area contributed by atoms with Crippen LogP contribution in [0.5, 0.6) is 5.75 Å². The lowest BCUT2D eigenvalue weighted by molar-refractivity contribution is -0.0225. The van der Waals surface area contributed by atoms with Crippen molar-refractivity contribution in [3.05, 3.63) is 59.7 Å². The zero-order chi connectivity index (χ0) is 22.9. The molecule has 1 aliphatic carbocycles. The fourth-order valence-electron chi connectivity index (χ4n) is 5.92. The molecule has 2 unspecified atom stereocenters. The van der Waals surface area contributed by atoms with Gasteiger partial charge >= 0.3 is 0 Å². The number of rotatable bonds is 7. The number of ether oxygens (including phenoxy) is 1. The second-order valence-electron chi connectivity index (χ2n) is 10.3. The number of para-hydroxylation sites is 2. The molecule has 0 bridgehead atoms. The van der Waals surface area contributed by atoms with Gasteiger partial charge in [-0.3, -0.25) is 0 Å². The van der Waals surface area contributed by atoms with E-state index < -0.39 is 11.0 Å². The van der Waals surface area contributed by atoms with Crippen LogP contribution < -0.4 is 4.74 Å². The molecule has 1 aliphatic rings. The van der Waals surface area contributed by atoms with E-state index in [0.717, 1.165) is 35.3 Å². The molecule has 0 spiro atoms. The molecule has 2 atom stereocenters. The quantitative estimate of drug-likeness (QED) is 0.443. The summed E-state index contributed by atoms with van der Waals surface area (Å²) in [4.78, 5) is 8.41. The van der Waals surface area contributed by atoms with Crippen LogP contribution in [0.2, 0.25) is 0 Å². The van der Waals surface area contributed by atoms with Gasteiger partial charge in [-0.25, -0.2) is 9.37 Å². The summed E-state index contributed by atoms with van der Waals surface area (Å²) in [5, 5.41) is 12.0. The SMILES string of the molecule is COc1ccc(F)cc1C(C)(C)CC(C)(O)C(c1nc2ccccc2[nH]1)C1CCCCC1. The Morgan fingerprint density at radius 1 is 1.12 bits per heavy atom. The molecule has 0 radical (unpaired) electrons. The molecule has 2 N–H and O–H groups in total. The molecule has 3 aromatic rings. The number of aromatic nitrogens is 2. The number of hydrogen-bond donors (Lipinski definition) is 2. The monoisotopic (exact) mass is 438 g/mol. The van der Waals surface area contributed by atoms with Crippen LogP contribution in [-0.4, -0.2) is 27.8 Å². The lowest BCUT2D eigenvalue weighted by Crippen LogP contribution is -2.43. The van der Waals surface area contributed by atoms with E-state index in [1.807, 2.05) is 31.2 Å². The van der Waals surface area contributed by atoms with E-state index in [1.165, 1.54) is 31.4 Å². The number of aromatic amines is 1. The van der Waals surface area contributed by atoms with Crippen molar-refractivity contribution in [2.24, 2.45) is 5.92 Å². The predicted octanol–water partition coefficient (Wildman–Crippen LogP) is 6.49. The van der Waals surface area contributed by atoms with E-state index in [1.54, 1.807) is 13.2 Å². The minimum absolute atomic E-state index is 0.131. The summed E-state index contributed by atoms with van der Waals surface area (Å²) in [7, 11) is 1.60. The van der Waals surface area contributed by atoms with Crippen LogP contribution in [0.15, 0.2) is 42.5 Å². The molecule has 32 heavy (non-hydrogen) atoms. The van der Waals surface area contributed by atoms with Crippen molar-refractivity contribution in [2.75, 3.05) is 7.11 Å². The fourth-order valence-corrected chi connectivity index (χ4v) is 5.92. The van der Waals surface area contributed by atoms with E-state index in [-0.39, 0.29) is 11.7 Å². The van der Waals surface area contributed by atoms with Gasteiger partial charge in [0.05, 0.1) is 23.7 Å². The molecular weight excluding hydrogens is 403 g/mol. The third-order valence-electron chi connectivity index (χ3n) is 7.18. The normalized spacial score (nSPS) is 18.4. The second kappa shape index (κ2) is 8.86. The van der Waals surface area contributed by atoms with E-state index in [0.29, 0.717) is 18.1 Å². The number of hydrogen-bond acceptors (Lipinski definition) is 3. The molecule has 1 heterocycles. The zero-order valence-corrected chi connectivity index (χ0v) is 19.6. The molecule has 172 valence electrons. The molecule has 1 fully saturated rings. The van der Waals surface area contributed by atoms with Crippen molar-refractivity contribution in [1.82, 2.24) is 9.97 Å². The third-order valence-corrected chi connectivity index (χ3v) is 7.18. The van der Waals surface area contributed by atoms with E-state index in [2.05, 4.69) is 18.8 Å². The number of fused-ring (bicyclic) bond motifs is 1. The average Bonchev–Trinajstić information content (AvgIpc) is 3.17. The highest BCUT2D eigenvalue weighted by molar-refractivity contribution is 5.74. The standard InChI is InChI=1S/C27H35FN2O2/c1-26(2,20-16-19(28)14-15-23(20)32-4)17-27(3,31)24(18-10-6-5-7-11-18)25-29-21-12-8-9-13-22(21)30-25/h8-9,12-16,18,24,31H,5-7,10-11,17H2,1-4H3,(H,29,30). The minimum atomic E-state index is -1.04. The Morgan fingerprint density at radius 3 is 2.53 bits per heavy atom. The summed E-state index contributed by atoms with van der Waals surface area (Å²) >= 11 is 0. The maximum Gasteiger partial charge on any atom is 0.123 e. The summed E-state index contributed by atoms with van der Waals surface area (Å²) in [5.41, 5.74) is 1.13. The van der Waals surface area contributed by atoms with Crippen LogP contribution >= 0.6 is 0 Å². The highest BCUT2D eigenvalue weighted by Crippen LogP contribution is 2.47. The van der Waals surface area contributed by atoms with E-state index in [4.69, 9.17) is 9.72 Å². The van der Waals surface area contributed by atoms with Crippen LogP contribution in [-0.2, 0) is 5.41 Å². The molecule has 1 saturated carbocycles. The molecule has 4 rings (SSSR count). The topological polar surface area (TPSA) is 58.1 Å². The second-order valence-corrected chi connectivity index (χ2v) is 10.3. The van der Waals surface area contributed by atoms with Crippen molar-refractivity contribution in [3.63, 3.8) is 0 Å². The van der Waals surface area contributed by atoms with Gasteiger partial charge in [-0.05, 0) is 67.9 Å².